The number of nitrogens with one attached hydrogen (secondary N) is 1. The highest BCUT2D eigenvalue weighted by molar-refractivity contribution is 6.34. The Morgan fingerprint density at radius 2 is 2.18 bits per heavy atom. The number of H-pyrrole nitrogens is 1. The number of pyridine rings is 1. The lowest BCUT2D eigenvalue weighted by Gasteiger charge is -2.16. The minimum atomic E-state index is -0.234. The predicted molar refractivity (Wildman–Crippen MR) is 67.8 cm³/mol. The Morgan fingerprint density at radius 1 is 1.41 bits per heavy atom. The van der Waals surface area contributed by atoms with Gasteiger partial charge in [0, 0.05) is 25.1 Å². The van der Waals surface area contributed by atoms with Crippen LogP contribution in [0.25, 0.3) is 0 Å². The maximum Gasteiger partial charge on any atom is 0.275 e. The zero-order valence-corrected chi connectivity index (χ0v) is 10.5. The van der Waals surface area contributed by atoms with Gasteiger partial charge in [0.25, 0.3) is 5.91 Å². The fourth-order valence-corrected chi connectivity index (χ4v) is 1.77. The third-order valence-corrected chi connectivity index (χ3v) is 2.83. The Hall–Kier alpha value is -1.52. The lowest BCUT2D eigenvalue weighted by molar-refractivity contribution is 0.0989. The normalized spacial score (nSPS) is 10.3. The zero-order valence-electron chi connectivity index (χ0n) is 8.95. The second kappa shape index (κ2) is 4.77. The average molecular weight is 270 g/mol. The van der Waals surface area contributed by atoms with Gasteiger partial charge in [-0.2, -0.15) is 0 Å². The van der Waals surface area contributed by atoms with Crippen LogP contribution >= 0.6 is 23.2 Å². The van der Waals surface area contributed by atoms with Crippen molar-refractivity contribution in [3.63, 3.8) is 0 Å². The van der Waals surface area contributed by atoms with Crippen LogP contribution < -0.4 is 4.90 Å². The highest BCUT2D eigenvalue weighted by Gasteiger charge is 2.17. The van der Waals surface area contributed by atoms with E-state index in [9.17, 15) is 4.79 Å². The van der Waals surface area contributed by atoms with E-state index in [1.165, 1.54) is 11.1 Å². The van der Waals surface area contributed by atoms with Crippen LogP contribution in [0.5, 0.6) is 0 Å². The SMILES string of the molecule is CN(C(=O)c1[nH]ccc1Cl)c1ccnc(Cl)c1. The molecule has 0 atom stereocenters. The molecule has 0 bridgehead atoms. The van der Waals surface area contributed by atoms with Crippen LogP contribution in [0.4, 0.5) is 5.69 Å². The third-order valence-electron chi connectivity index (χ3n) is 2.31. The van der Waals surface area contributed by atoms with E-state index in [1.54, 1.807) is 31.4 Å². The summed E-state index contributed by atoms with van der Waals surface area (Å²) < 4.78 is 0. The summed E-state index contributed by atoms with van der Waals surface area (Å²) in [4.78, 5) is 20.2. The highest BCUT2D eigenvalue weighted by atomic mass is 35.5. The highest BCUT2D eigenvalue weighted by Crippen LogP contribution is 2.20. The Labute approximate surface area is 108 Å². The number of aromatic nitrogens is 2. The molecule has 0 fully saturated rings. The number of nitrogens with zero attached hydrogens (tertiary/aromatic N) is 2. The Kier molecular flexibility index (Phi) is 3.36. The molecule has 4 nitrogen and oxygen atoms in total. The Balaban J connectivity index is 2.30. The molecule has 0 saturated carbocycles. The molecule has 2 rings (SSSR count). The summed E-state index contributed by atoms with van der Waals surface area (Å²) in [5.74, 6) is -0.234. The monoisotopic (exact) mass is 269 g/mol. The minimum absolute atomic E-state index is 0.234. The minimum Gasteiger partial charge on any atom is -0.356 e. The molecule has 6 heteroatoms. The molecule has 0 aliphatic carbocycles. The third kappa shape index (κ3) is 2.43. The van der Waals surface area contributed by atoms with E-state index in [4.69, 9.17) is 23.2 Å². The van der Waals surface area contributed by atoms with Gasteiger partial charge in [-0.25, -0.2) is 4.98 Å². The summed E-state index contributed by atoms with van der Waals surface area (Å²) in [7, 11) is 1.64. The fourth-order valence-electron chi connectivity index (χ4n) is 1.40. The number of halogens is 2. The summed E-state index contributed by atoms with van der Waals surface area (Å²) in [5.41, 5.74) is 1.00. The van der Waals surface area contributed by atoms with Crippen molar-refractivity contribution in [3.8, 4) is 0 Å². The lowest BCUT2D eigenvalue weighted by Crippen LogP contribution is -2.26. The zero-order chi connectivity index (χ0) is 12.4. The van der Waals surface area contributed by atoms with Gasteiger partial charge in [0.05, 0.1) is 5.02 Å². The first-order valence-corrected chi connectivity index (χ1v) is 5.57. The first-order chi connectivity index (χ1) is 8.09. The maximum atomic E-state index is 12.1. The molecule has 0 aliphatic rings. The smallest absolute Gasteiger partial charge is 0.275 e. The van der Waals surface area contributed by atoms with Crippen molar-refractivity contribution in [2.75, 3.05) is 11.9 Å². The number of hydrogen-bond donors (Lipinski definition) is 1. The maximum absolute atomic E-state index is 12.1. The fraction of sp³-hybridized carbons (Fsp3) is 0.0909. The molecule has 88 valence electrons. The van der Waals surface area contributed by atoms with Crippen LogP contribution in [0.15, 0.2) is 30.6 Å². The van der Waals surface area contributed by atoms with E-state index >= 15 is 0 Å². The van der Waals surface area contributed by atoms with Crippen LogP contribution in [0.3, 0.4) is 0 Å². The van der Waals surface area contributed by atoms with Gasteiger partial charge < -0.3 is 9.88 Å². The van der Waals surface area contributed by atoms with Gasteiger partial charge in [-0.15, -0.1) is 0 Å². The van der Waals surface area contributed by atoms with E-state index < -0.39 is 0 Å². The first-order valence-electron chi connectivity index (χ1n) is 4.82. The van der Waals surface area contributed by atoms with Crippen molar-refractivity contribution < 1.29 is 4.79 Å². The molecule has 1 N–H and O–H groups in total. The number of amides is 1. The second-order valence-electron chi connectivity index (χ2n) is 3.40. The van der Waals surface area contributed by atoms with Crippen molar-refractivity contribution in [1.29, 1.82) is 0 Å². The lowest BCUT2D eigenvalue weighted by atomic mass is 10.3. The van der Waals surface area contributed by atoms with Crippen molar-refractivity contribution in [2.45, 2.75) is 0 Å². The quantitative estimate of drug-likeness (QED) is 0.853. The van der Waals surface area contributed by atoms with Gasteiger partial charge in [-0.05, 0) is 18.2 Å². The number of carbonyl (C=O) groups is 1. The van der Waals surface area contributed by atoms with Crippen LogP contribution in [0, 0.1) is 0 Å². The molecule has 0 aliphatic heterocycles. The number of hydrogen-bond acceptors (Lipinski definition) is 2. The molecule has 2 aromatic heterocycles. The molecular formula is C11H9Cl2N3O. The first kappa shape index (κ1) is 12.0. The largest absolute Gasteiger partial charge is 0.356 e. The van der Waals surface area contributed by atoms with Crippen LogP contribution in [-0.4, -0.2) is 22.9 Å². The summed E-state index contributed by atoms with van der Waals surface area (Å²) in [6.45, 7) is 0. The molecule has 2 aromatic rings. The molecule has 0 saturated heterocycles. The van der Waals surface area contributed by atoms with E-state index in [0.717, 1.165) is 0 Å². The number of carbonyl (C=O) groups excluding carboxylic acids is 1. The Morgan fingerprint density at radius 3 is 2.76 bits per heavy atom. The van der Waals surface area contributed by atoms with Crippen LogP contribution in [0.2, 0.25) is 10.2 Å². The molecule has 17 heavy (non-hydrogen) atoms. The number of anilines is 1. The van der Waals surface area contributed by atoms with Gasteiger partial charge in [-0.3, -0.25) is 4.79 Å². The van der Waals surface area contributed by atoms with E-state index in [2.05, 4.69) is 9.97 Å². The molecule has 1 amide bonds. The second-order valence-corrected chi connectivity index (χ2v) is 4.20. The molecular weight excluding hydrogens is 261 g/mol. The Bertz CT molecular complexity index is 553. The van der Waals surface area contributed by atoms with E-state index in [-0.39, 0.29) is 5.91 Å². The molecule has 0 radical (unpaired) electrons. The van der Waals surface area contributed by atoms with Gasteiger partial charge in [0.1, 0.15) is 10.8 Å². The summed E-state index contributed by atoms with van der Waals surface area (Å²) in [6.07, 6.45) is 3.15. The van der Waals surface area contributed by atoms with Crippen molar-refractivity contribution >= 4 is 34.8 Å². The standard InChI is InChI=1S/C11H9Cl2N3O/c1-16(7-2-4-14-9(13)6-7)11(17)10-8(12)3-5-15-10/h2-6,15H,1H3. The van der Waals surface area contributed by atoms with Crippen molar-refractivity contribution in [3.05, 3.63) is 46.5 Å². The van der Waals surface area contributed by atoms with Gasteiger partial charge >= 0.3 is 0 Å². The van der Waals surface area contributed by atoms with Crippen LogP contribution in [-0.2, 0) is 0 Å². The van der Waals surface area contributed by atoms with Crippen molar-refractivity contribution in [1.82, 2.24) is 9.97 Å². The summed E-state index contributed by atoms with van der Waals surface area (Å²) >= 11 is 11.6. The van der Waals surface area contributed by atoms with Gasteiger partial charge in [0.2, 0.25) is 0 Å². The van der Waals surface area contributed by atoms with Crippen LogP contribution in [0.1, 0.15) is 10.5 Å². The molecule has 0 aromatic carbocycles. The molecule has 0 unspecified atom stereocenters. The molecule has 2 heterocycles. The predicted octanol–water partition coefficient (Wildman–Crippen LogP) is 2.99. The van der Waals surface area contributed by atoms with Crippen molar-refractivity contribution in [2.24, 2.45) is 0 Å². The van der Waals surface area contributed by atoms with E-state index in [1.807, 2.05) is 0 Å². The summed E-state index contributed by atoms with van der Waals surface area (Å²) in [5, 5.41) is 0.724. The number of rotatable bonds is 2. The van der Waals surface area contributed by atoms with E-state index in [0.29, 0.717) is 21.6 Å². The molecule has 0 spiro atoms. The average Bonchev–Trinajstić information content (AvgIpc) is 2.73. The van der Waals surface area contributed by atoms with Gasteiger partial charge in [-0.1, -0.05) is 23.2 Å². The number of aromatic amines is 1. The summed E-state index contributed by atoms with van der Waals surface area (Å²) in [6, 6.07) is 4.93. The topological polar surface area (TPSA) is 49.0 Å². The van der Waals surface area contributed by atoms with Gasteiger partial charge in [0.15, 0.2) is 0 Å².